The van der Waals surface area contributed by atoms with Gasteiger partial charge in [0.05, 0.1) is 11.8 Å². The normalized spacial score (nSPS) is 12.5. The van der Waals surface area contributed by atoms with Crippen molar-refractivity contribution in [2.24, 2.45) is 0 Å². The van der Waals surface area contributed by atoms with Crippen LogP contribution in [0.5, 0.6) is 0 Å². The van der Waals surface area contributed by atoms with Crippen LogP contribution in [0.2, 0.25) is 0 Å². The lowest BCUT2D eigenvalue weighted by molar-refractivity contribution is -0.125. The van der Waals surface area contributed by atoms with Crippen molar-refractivity contribution in [2.45, 2.75) is 32.9 Å². The van der Waals surface area contributed by atoms with Gasteiger partial charge in [-0.15, -0.1) is 0 Å². The number of nitrogens with zero attached hydrogens (tertiary/aromatic N) is 3. The molecule has 0 unspecified atom stereocenters. The largest absolute Gasteiger partial charge is 0.463 e. The lowest BCUT2D eigenvalue weighted by atomic mass is 10.2. The van der Waals surface area contributed by atoms with Crippen molar-refractivity contribution in [1.82, 2.24) is 19.5 Å². The quantitative estimate of drug-likeness (QED) is 0.590. The molecule has 0 fully saturated rings. The molecule has 7 nitrogen and oxygen atoms in total. The third kappa shape index (κ3) is 2.91. The second-order valence-electron chi connectivity index (χ2n) is 6.46. The first kappa shape index (κ1) is 17.1. The molecule has 138 valence electrons. The molecule has 0 aliphatic carbocycles. The Morgan fingerprint density at radius 3 is 2.74 bits per heavy atom. The van der Waals surface area contributed by atoms with E-state index in [1.54, 1.807) is 22.8 Å². The maximum absolute atomic E-state index is 13.0. The van der Waals surface area contributed by atoms with Crippen LogP contribution in [0.1, 0.15) is 30.8 Å². The number of benzene rings is 1. The van der Waals surface area contributed by atoms with Crippen molar-refractivity contribution in [3.63, 3.8) is 0 Å². The molecule has 1 N–H and O–H groups in total. The number of carbonyl (C=O) groups excluding carboxylic acids is 1. The van der Waals surface area contributed by atoms with Gasteiger partial charge in [0.2, 0.25) is 5.91 Å². The van der Waals surface area contributed by atoms with E-state index in [1.165, 1.54) is 4.68 Å². The zero-order valence-electron chi connectivity index (χ0n) is 15.2. The van der Waals surface area contributed by atoms with Gasteiger partial charge in [0, 0.05) is 18.7 Å². The molecule has 0 aliphatic heterocycles. The van der Waals surface area contributed by atoms with Gasteiger partial charge in [-0.1, -0.05) is 37.3 Å². The van der Waals surface area contributed by atoms with Crippen LogP contribution in [-0.4, -0.2) is 20.1 Å². The molecule has 4 aromatic rings. The molecule has 1 atom stereocenters. The van der Waals surface area contributed by atoms with Crippen LogP contribution in [0, 0.1) is 6.92 Å². The average Bonchev–Trinajstić information content (AvgIpc) is 3.26. The predicted molar refractivity (Wildman–Crippen MR) is 102 cm³/mol. The molecule has 0 spiro atoms. The number of aromatic nitrogens is 3. The summed E-state index contributed by atoms with van der Waals surface area (Å²) in [5, 5.41) is 7.32. The maximum Gasteiger partial charge on any atom is 0.291 e. The van der Waals surface area contributed by atoms with E-state index >= 15 is 0 Å². The summed E-state index contributed by atoms with van der Waals surface area (Å²) < 4.78 is 8.44. The van der Waals surface area contributed by atoms with Gasteiger partial charge < -0.3 is 9.73 Å². The number of amides is 1. The van der Waals surface area contributed by atoms with Gasteiger partial charge in [-0.3, -0.25) is 14.0 Å². The summed E-state index contributed by atoms with van der Waals surface area (Å²) in [6, 6.07) is 12.5. The molecule has 1 amide bonds. The van der Waals surface area contributed by atoms with Crippen LogP contribution < -0.4 is 10.9 Å². The van der Waals surface area contributed by atoms with Gasteiger partial charge in [-0.05, 0) is 18.9 Å². The molecule has 0 radical (unpaired) electrons. The van der Waals surface area contributed by atoms with Crippen molar-refractivity contribution in [1.29, 1.82) is 0 Å². The summed E-state index contributed by atoms with van der Waals surface area (Å²) in [6.07, 6.45) is 2.04. The van der Waals surface area contributed by atoms with Gasteiger partial charge >= 0.3 is 0 Å². The Kier molecular flexibility index (Phi) is 4.27. The lowest BCUT2D eigenvalue weighted by Crippen LogP contribution is -2.39. The van der Waals surface area contributed by atoms with Crippen LogP contribution in [0.15, 0.2) is 57.9 Å². The van der Waals surface area contributed by atoms with E-state index in [4.69, 9.17) is 4.42 Å². The summed E-state index contributed by atoms with van der Waals surface area (Å²) >= 11 is 0. The van der Waals surface area contributed by atoms with Crippen molar-refractivity contribution in [2.75, 3.05) is 0 Å². The monoisotopic (exact) mass is 364 g/mol. The number of rotatable bonds is 5. The standard InChI is InChI=1S/C20H20N4O3/c1-3-15(19(25)21-12-14-7-5-4-6-8-14)24-20(26)17-11-18-16(9-10-27-18)23(17)13(2)22-24/h4-11,15H,3,12H2,1-2H3,(H,21,25)/t15-/m1/s1. The van der Waals surface area contributed by atoms with Gasteiger partial charge in [0.15, 0.2) is 5.58 Å². The topological polar surface area (TPSA) is 81.5 Å². The second kappa shape index (κ2) is 6.75. The highest BCUT2D eigenvalue weighted by Crippen LogP contribution is 2.21. The molecule has 3 aromatic heterocycles. The van der Waals surface area contributed by atoms with Crippen LogP contribution in [-0.2, 0) is 11.3 Å². The summed E-state index contributed by atoms with van der Waals surface area (Å²) in [5.41, 5.74) is 2.55. The highest BCUT2D eigenvalue weighted by Gasteiger charge is 2.23. The minimum atomic E-state index is -0.675. The number of hydrogen-bond acceptors (Lipinski definition) is 4. The summed E-state index contributed by atoms with van der Waals surface area (Å²) in [7, 11) is 0. The Morgan fingerprint density at radius 1 is 1.22 bits per heavy atom. The highest BCUT2D eigenvalue weighted by molar-refractivity contribution is 5.83. The summed E-state index contributed by atoms with van der Waals surface area (Å²) in [6.45, 7) is 4.08. The van der Waals surface area contributed by atoms with Crippen LogP contribution in [0.25, 0.3) is 16.6 Å². The number of furan rings is 1. The first-order chi connectivity index (χ1) is 13.1. The lowest BCUT2D eigenvalue weighted by Gasteiger charge is -2.18. The van der Waals surface area contributed by atoms with Gasteiger partial charge in [0.25, 0.3) is 5.56 Å². The maximum atomic E-state index is 13.0. The minimum absolute atomic E-state index is 0.227. The summed E-state index contributed by atoms with van der Waals surface area (Å²) in [5.74, 6) is 0.394. The number of fused-ring (bicyclic) bond motifs is 3. The van der Waals surface area contributed by atoms with Gasteiger partial charge in [-0.25, -0.2) is 4.68 Å². The molecule has 4 rings (SSSR count). The first-order valence-corrected chi connectivity index (χ1v) is 8.90. The zero-order valence-corrected chi connectivity index (χ0v) is 15.2. The molecule has 3 heterocycles. The van der Waals surface area contributed by atoms with Crippen LogP contribution >= 0.6 is 0 Å². The summed E-state index contributed by atoms with van der Waals surface area (Å²) in [4.78, 5) is 25.7. The average molecular weight is 364 g/mol. The molecule has 27 heavy (non-hydrogen) atoms. The smallest absolute Gasteiger partial charge is 0.291 e. The van der Waals surface area contributed by atoms with Crippen LogP contribution in [0.4, 0.5) is 0 Å². The van der Waals surface area contributed by atoms with Crippen molar-refractivity contribution >= 4 is 22.5 Å². The van der Waals surface area contributed by atoms with Crippen molar-refractivity contribution < 1.29 is 9.21 Å². The molecule has 7 heteroatoms. The zero-order chi connectivity index (χ0) is 19.0. The molecule has 1 aromatic carbocycles. The van der Waals surface area contributed by atoms with E-state index in [0.717, 1.165) is 11.1 Å². The third-order valence-electron chi connectivity index (χ3n) is 4.72. The van der Waals surface area contributed by atoms with E-state index in [2.05, 4.69) is 10.4 Å². The van der Waals surface area contributed by atoms with Crippen molar-refractivity contribution in [3.8, 4) is 0 Å². The Hall–Kier alpha value is -3.35. The Labute approximate surface area is 155 Å². The number of hydrogen-bond donors (Lipinski definition) is 1. The fraction of sp³-hybridized carbons (Fsp3) is 0.250. The molecule has 0 saturated heterocycles. The van der Waals surface area contributed by atoms with E-state index in [0.29, 0.717) is 29.9 Å². The van der Waals surface area contributed by atoms with E-state index in [9.17, 15) is 9.59 Å². The second-order valence-corrected chi connectivity index (χ2v) is 6.46. The Morgan fingerprint density at radius 2 is 2.00 bits per heavy atom. The number of carbonyl (C=O) groups is 1. The minimum Gasteiger partial charge on any atom is -0.463 e. The third-order valence-corrected chi connectivity index (χ3v) is 4.72. The molecular formula is C20H20N4O3. The molecule has 0 aliphatic rings. The SMILES string of the molecule is CC[C@H](C(=O)NCc1ccccc1)n1nc(C)n2c(cc3occc32)c1=O. The van der Waals surface area contributed by atoms with E-state index in [-0.39, 0.29) is 11.5 Å². The molecule has 0 bridgehead atoms. The van der Waals surface area contributed by atoms with Gasteiger partial charge in [0.1, 0.15) is 17.4 Å². The van der Waals surface area contributed by atoms with Crippen LogP contribution in [0.3, 0.4) is 0 Å². The Balaban J connectivity index is 1.69. The van der Waals surface area contributed by atoms with E-state index in [1.807, 2.05) is 44.2 Å². The predicted octanol–water partition coefficient (Wildman–Crippen LogP) is 2.82. The highest BCUT2D eigenvalue weighted by atomic mass is 16.3. The number of aryl methyl sites for hydroxylation is 1. The number of nitrogens with one attached hydrogen (secondary N) is 1. The van der Waals surface area contributed by atoms with E-state index < -0.39 is 6.04 Å². The van der Waals surface area contributed by atoms with Crippen molar-refractivity contribution in [3.05, 3.63) is 70.5 Å². The molecular weight excluding hydrogens is 344 g/mol. The fourth-order valence-corrected chi connectivity index (χ4v) is 3.38. The fourth-order valence-electron chi connectivity index (χ4n) is 3.38. The Bertz CT molecular complexity index is 1170. The first-order valence-electron chi connectivity index (χ1n) is 8.90. The van der Waals surface area contributed by atoms with Gasteiger partial charge in [-0.2, -0.15) is 5.10 Å². The molecule has 0 saturated carbocycles.